The van der Waals surface area contributed by atoms with Crippen LogP contribution in [0, 0.1) is 0 Å². The summed E-state index contributed by atoms with van der Waals surface area (Å²) in [4.78, 5) is 30.0. The van der Waals surface area contributed by atoms with E-state index in [1.165, 1.54) is 0 Å². The summed E-state index contributed by atoms with van der Waals surface area (Å²) in [5.41, 5.74) is 3.25. The van der Waals surface area contributed by atoms with Crippen LogP contribution in [0.25, 0.3) is 6.08 Å². The molecule has 0 radical (unpaired) electrons. The van der Waals surface area contributed by atoms with Crippen molar-refractivity contribution >= 4 is 29.5 Å². The fourth-order valence-electron chi connectivity index (χ4n) is 3.08. The third-order valence-corrected chi connectivity index (χ3v) is 4.32. The predicted molar refractivity (Wildman–Crippen MR) is 103 cm³/mol. The molecule has 0 saturated heterocycles. The molecule has 0 N–H and O–H groups in total. The molecular weight excluding hydrogens is 322 g/mol. The molecule has 0 atom stereocenters. The minimum atomic E-state index is -0.157. The van der Waals surface area contributed by atoms with E-state index in [4.69, 9.17) is 0 Å². The minimum Gasteiger partial charge on any atom is -0.289 e. The van der Waals surface area contributed by atoms with E-state index in [0.717, 1.165) is 5.56 Å². The van der Waals surface area contributed by atoms with Crippen molar-refractivity contribution in [3.05, 3.63) is 107 Å². The van der Waals surface area contributed by atoms with Crippen LogP contribution >= 0.6 is 0 Å². The van der Waals surface area contributed by atoms with Crippen LogP contribution in [0.3, 0.4) is 0 Å². The van der Waals surface area contributed by atoms with Crippen LogP contribution in [0.2, 0.25) is 0 Å². The van der Waals surface area contributed by atoms with Gasteiger partial charge in [0.1, 0.15) is 0 Å². The van der Waals surface area contributed by atoms with Crippen molar-refractivity contribution in [2.45, 2.75) is 0 Å². The topological polar surface area (TPSA) is 46.5 Å². The Kier molecular flexibility index (Phi) is 4.12. The second-order valence-corrected chi connectivity index (χ2v) is 5.95. The molecule has 3 heteroatoms. The molecule has 26 heavy (non-hydrogen) atoms. The lowest BCUT2D eigenvalue weighted by Crippen LogP contribution is -2.20. The Morgan fingerprint density at radius 3 is 2.08 bits per heavy atom. The van der Waals surface area contributed by atoms with E-state index in [9.17, 15) is 9.59 Å². The van der Waals surface area contributed by atoms with Gasteiger partial charge in [0.25, 0.3) is 0 Å². The highest BCUT2D eigenvalue weighted by molar-refractivity contribution is 6.30. The number of allylic oxidation sites excluding steroid dienone is 1. The molecule has 0 saturated carbocycles. The van der Waals surface area contributed by atoms with E-state index in [2.05, 4.69) is 4.99 Å². The van der Waals surface area contributed by atoms with Gasteiger partial charge in [-0.25, -0.2) is 0 Å². The first kappa shape index (κ1) is 15.9. The minimum absolute atomic E-state index is 0.132. The lowest BCUT2D eigenvalue weighted by atomic mass is 9.83. The summed E-state index contributed by atoms with van der Waals surface area (Å²) in [7, 11) is 0. The molecule has 0 aromatic heterocycles. The Morgan fingerprint density at radius 2 is 1.31 bits per heavy atom. The Balaban J connectivity index is 1.70. The van der Waals surface area contributed by atoms with E-state index in [0.29, 0.717) is 27.9 Å². The number of hydrogen-bond acceptors (Lipinski definition) is 3. The van der Waals surface area contributed by atoms with Crippen LogP contribution in [-0.2, 0) is 0 Å². The number of nitrogens with zero attached hydrogens (tertiary/aromatic N) is 1. The van der Waals surface area contributed by atoms with Crippen molar-refractivity contribution in [3.63, 3.8) is 0 Å². The molecule has 1 aliphatic rings. The van der Waals surface area contributed by atoms with Crippen LogP contribution in [0.15, 0.2) is 83.9 Å². The highest BCUT2D eigenvalue weighted by Crippen LogP contribution is 2.33. The maximum absolute atomic E-state index is 12.9. The van der Waals surface area contributed by atoms with Gasteiger partial charge in [0, 0.05) is 22.9 Å². The number of rotatable bonds is 3. The number of ketones is 2. The molecular formula is C23H15NO2. The first-order chi connectivity index (χ1) is 12.8. The van der Waals surface area contributed by atoms with Gasteiger partial charge in [0.2, 0.25) is 0 Å². The molecule has 0 bridgehead atoms. The third kappa shape index (κ3) is 2.80. The predicted octanol–water partition coefficient (Wildman–Crippen LogP) is 4.88. The average molecular weight is 337 g/mol. The second kappa shape index (κ2) is 6.73. The molecule has 3 aromatic rings. The highest BCUT2D eigenvalue weighted by atomic mass is 16.1. The average Bonchev–Trinajstić information content (AvgIpc) is 2.70. The maximum Gasteiger partial charge on any atom is 0.196 e. The van der Waals surface area contributed by atoms with Gasteiger partial charge in [0.05, 0.1) is 11.3 Å². The van der Waals surface area contributed by atoms with Crippen LogP contribution in [-0.4, -0.2) is 17.8 Å². The van der Waals surface area contributed by atoms with Gasteiger partial charge >= 0.3 is 0 Å². The van der Waals surface area contributed by atoms with E-state index in [-0.39, 0.29) is 11.6 Å². The van der Waals surface area contributed by atoms with Crippen molar-refractivity contribution in [3.8, 4) is 0 Å². The van der Waals surface area contributed by atoms with Gasteiger partial charge < -0.3 is 0 Å². The fraction of sp³-hybridized carbons (Fsp3) is 0. The van der Waals surface area contributed by atoms with Gasteiger partial charge in [-0.15, -0.1) is 0 Å². The zero-order chi connectivity index (χ0) is 17.9. The normalized spacial score (nSPS) is 13.2. The van der Waals surface area contributed by atoms with Crippen LogP contribution in [0.5, 0.6) is 0 Å². The fourth-order valence-corrected chi connectivity index (χ4v) is 3.08. The van der Waals surface area contributed by atoms with Gasteiger partial charge in [0.15, 0.2) is 11.6 Å². The lowest BCUT2D eigenvalue weighted by molar-refractivity contribution is 0.0979. The summed E-state index contributed by atoms with van der Waals surface area (Å²) in [6, 6.07) is 22.0. The molecule has 1 aliphatic carbocycles. The molecule has 4 rings (SSSR count). The quantitative estimate of drug-likeness (QED) is 0.500. The Hall–Kier alpha value is -3.59. The molecule has 0 aliphatic heterocycles. The largest absolute Gasteiger partial charge is 0.289 e. The number of carbonyl (C=O) groups is 2. The SMILES string of the molecule is O=C1c2ccccc2C(=O)c2c(N=C/C=C\c3ccccc3)cccc21. The summed E-state index contributed by atoms with van der Waals surface area (Å²) in [5.74, 6) is -0.290. The summed E-state index contributed by atoms with van der Waals surface area (Å²) in [6.45, 7) is 0. The molecule has 124 valence electrons. The molecule has 0 spiro atoms. The monoisotopic (exact) mass is 337 g/mol. The van der Waals surface area contributed by atoms with Gasteiger partial charge in [-0.2, -0.15) is 0 Å². The highest BCUT2D eigenvalue weighted by Gasteiger charge is 2.30. The molecule has 0 heterocycles. The van der Waals surface area contributed by atoms with Gasteiger partial charge in [-0.3, -0.25) is 14.6 Å². The third-order valence-electron chi connectivity index (χ3n) is 4.32. The number of benzene rings is 3. The van der Waals surface area contributed by atoms with Crippen LogP contribution in [0.4, 0.5) is 5.69 Å². The zero-order valence-corrected chi connectivity index (χ0v) is 13.9. The van der Waals surface area contributed by atoms with Crippen LogP contribution < -0.4 is 0 Å². The van der Waals surface area contributed by atoms with Crippen molar-refractivity contribution in [2.24, 2.45) is 4.99 Å². The Labute approximate surface area is 151 Å². The standard InChI is InChI=1S/C23H15NO2/c25-22-17-11-4-5-12-18(17)23(26)21-19(22)13-6-14-20(21)24-15-7-10-16-8-2-1-3-9-16/h1-15H/b10-7-,24-15?. The molecule has 0 unspecified atom stereocenters. The Morgan fingerprint density at radius 1 is 0.654 bits per heavy atom. The van der Waals surface area contributed by atoms with Crippen molar-refractivity contribution in [1.29, 1.82) is 0 Å². The van der Waals surface area contributed by atoms with Crippen molar-refractivity contribution in [1.82, 2.24) is 0 Å². The number of fused-ring (bicyclic) bond motifs is 2. The summed E-state index contributed by atoms with van der Waals surface area (Å²) < 4.78 is 0. The second-order valence-electron chi connectivity index (χ2n) is 5.95. The van der Waals surface area contributed by atoms with Crippen molar-refractivity contribution in [2.75, 3.05) is 0 Å². The van der Waals surface area contributed by atoms with E-state index < -0.39 is 0 Å². The number of aliphatic imine (C=N–C) groups is 1. The first-order valence-corrected chi connectivity index (χ1v) is 8.33. The number of carbonyl (C=O) groups excluding carboxylic acids is 2. The van der Waals surface area contributed by atoms with E-state index in [1.807, 2.05) is 42.5 Å². The first-order valence-electron chi connectivity index (χ1n) is 8.33. The van der Waals surface area contributed by atoms with Gasteiger partial charge in [-0.05, 0) is 17.7 Å². The smallest absolute Gasteiger partial charge is 0.196 e. The molecule has 0 fully saturated rings. The number of hydrogen-bond donors (Lipinski definition) is 0. The molecule has 0 amide bonds. The van der Waals surface area contributed by atoms with E-state index >= 15 is 0 Å². The molecule has 3 nitrogen and oxygen atoms in total. The summed E-state index contributed by atoms with van der Waals surface area (Å²) >= 11 is 0. The lowest BCUT2D eigenvalue weighted by Gasteiger charge is -2.18. The zero-order valence-electron chi connectivity index (χ0n) is 13.9. The van der Waals surface area contributed by atoms with Crippen molar-refractivity contribution < 1.29 is 9.59 Å². The van der Waals surface area contributed by atoms with Crippen LogP contribution in [0.1, 0.15) is 37.4 Å². The van der Waals surface area contributed by atoms with E-state index in [1.54, 1.807) is 48.7 Å². The summed E-state index contributed by atoms with van der Waals surface area (Å²) in [5, 5.41) is 0. The maximum atomic E-state index is 12.9. The summed E-state index contributed by atoms with van der Waals surface area (Å²) in [6.07, 6.45) is 5.39. The van der Waals surface area contributed by atoms with Gasteiger partial charge in [-0.1, -0.05) is 72.8 Å². The Bertz CT molecular complexity index is 1060. The molecule has 3 aromatic carbocycles.